The van der Waals surface area contributed by atoms with Crippen LogP contribution in [0.1, 0.15) is 26.7 Å². The third-order valence-corrected chi connectivity index (χ3v) is 2.53. The molecule has 1 aliphatic rings. The van der Waals surface area contributed by atoms with Crippen molar-refractivity contribution in [1.29, 1.82) is 0 Å². The molecule has 0 spiro atoms. The van der Waals surface area contributed by atoms with E-state index in [0.29, 0.717) is 5.92 Å². The fourth-order valence-corrected chi connectivity index (χ4v) is 1.55. The van der Waals surface area contributed by atoms with Gasteiger partial charge >= 0.3 is 0 Å². The lowest BCUT2D eigenvalue weighted by molar-refractivity contribution is 0.358. The zero-order valence-electron chi connectivity index (χ0n) is 8.47. The van der Waals surface area contributed by atoms with E-state index < -0.39 is 0 Å². The molecule has 2 nitrogen and oxygen atoms in total. The second-order valence-corrected chi connectivity index (χ2v) is 3.57. The molecule has 0 radical (unpaired) electrons. The lowest BCUT2D eigenvalue weighted by Crippen LogP contribution is -2.40. The van der Waals surface area contributed by atoms with E-state index in [1.54, 1.807) is 13.1 Å². The lowest BCUT2D eigenvalue weighted by Gasteiger charge is -2.27. The topological polar surface area (TPSA) is 24.4 Å². The average molecular weight is 184 g/mol. The van der Waals surface area contributed by atoms with Crippen LogP contribution in [0.5, 0.6) is 0 Å². The molecule has 1 aliphatic carbocycles. The van der Waals surface area contributed by atoms with Crippen LogP contribution in [-0.2, 0) is 0 Å². The van der Waals surface area contributed by atoms with Crippen LogP contribution in [0.15, 0.2) is 16.9 Å². The van der Waals surface area contributed by atoms with E-state index in [2.05, 4.69) is 17.2 Å². The van der Waals surface area contributed by atoms with E-state index in [1.165, 1.54) is 0 Å². The van der Waals surface area contributed by atoms with Crippen molar-refractivity contribution in [3.05, 3.63) is 11.9 Å². The molecule has 1 rings (SSSR count). The van der Waals surface area contributed by atoms with Gasteiger partial charge in [0.25, 0.3) is 0 Å². The predicted octanol–water partition coefficient (Wildman–Crippen LogP) is 2.28. The third-order valence-electron chi connectivity index (χ3n) is 2.53. The number of nitrogens with one attached hydrogen (secondary N) is 1. The Morgan fingerprint density at radius 1 is 1.69 bits per heavy atom. The number of hydrogen-bond acceptors (Lipinski definition) is 1. The molecule has 13 heavy (non-hydrogen) atoms. The standard InChI is InChI=1S/C10H17FN2/c1-7-5-4-6-9(11)10(7)13-8(2)12-3/h6-7,10H,4-5H2,1-3H3,(H,12,13). The molecular weight excluding hydrogens is 167 g/mol. The molecule has 2 unspecified atom stereocenters. The summed E-state index contributed by atoms with van der Waals surface area (Å²) in [4.78, 5) is 3.96. The molecule has 0 aromatic carbocycles. The predicted molar refractivity (Wildman–Crippen MR) is 53.5 cm³/mol. The quantitative estimate of drug-likeness (QED) is 0.490. The first-order chi connectivity index (χ1) is 6.15. The molecule has 1 N–H and O–H groups in total. The van der Waals surface area contributed by atoms with Crippen LogP contribution in [0.25, 0.3) is 0 Å². The number of nitrogens with zero attached hydrogens (tertiary/aromatic N) is 1. The smallest absolute Gasteiger partial charge is 0.118 e. The van der Waals surface area contributed by atoms with Crippen LogP contribution in [0.2, 0.25) is 0 Å². The first-order valence-corrected chi connectivity index (χ1v) is 4.70. The number of amidine groups is 1. The monoisotopic (exact) mass is 184 g/mol. The van der Waals surface area contributed by atoms with E-state index in [-0.39, 0.29) is 11.9 Å². The van der Waals surface area contributed by atoms with Gasteiger partial charge in [-0.25, -0.2) is 4.39 Å². The van der Waals surface area contributed by atoms with Gasteiger partial charge in [0.2, 0.25) is 0 Å². The highest BCUT2D eigenvalue weighted by atomic mass is 19.1. The molecule has 0 fully saturated rings. The minimum absolute atomic E-state index is 0.0400. The van der Waals surface area contributed by atoms with Crippen molar-refractivity contribution in [2.45, 2.75) is 32.7 Å². The highest BCUT2D eigenvalue weighted by molar-refractivity contribution is 5.79. The number of aliphatic imine (C=N–C) groups is 1. The maximum atomic E-state index is 13.3. The second-order valence-electron chi connectivity index (χ2n) is 3.57. The minimum Gasteiger partial charge on any atom is -0.365 e. The van der Waals surface area contributed by atoms with Crippen LogP contribution in [0, 0.1) is 5.92 Å². The van der Waals surface area contributed by atoms with Crippen molar-refractivity contribution < 1.29 is 4.39 Å². The molecule has 0 bridgehead atoms. The summed E-state index contributed by atoms with van der Waals surface area (Å²) in [6, 6.07) is -0.169. The molecular formula is C10H17FN2. The Labute approximate surface area is 78.9 Å². The molecule has 2 atom stereocenters. The Hall–Kier alpha value is -0.860. The molecule has 0 saturated carbocycles. The Balaban J connectivity index is 2.65. The zero-order chi connectivity index (χ0) is 9.84. The van der Waals surface area contributed by atoms with Gasteiger partial charge < -0.3 is 5.32 Å². The fraction of sp³-hybridized carbons (Fsp3) is 0.700. The third kappa shape index (κ3) is 2.54. The fourth-order valence-electron chi connectivity index (χ4n) is 1.55. The maximum absolute atomic E-state index is 13.3. The molecule has 0 saturated heterocycles. The Kier molecular flexibility index (Phi) is 3.46. The van der Waals surface area contributed by atoms with Crippen molar-refractivity contribution in [1.82, 2.24) is 5.32 Å². The molecule has 0 aromatic heterocycles. The summed E-state index contributed by atoms with van der Waals surface area (Å²) in [5.74, 6) is 1.10. The number of allylic oxidation sites excluding steroid dienone is 1. The van der Waals surface area contributed by atoms with Gasteiger partial charge in [0.05, 0.1) is 11.9 Å². The highest BCUT2D eigenvalue weighted by Gasteiger charge is 2.24. The van der Waals surface area contributed by atoms with Gasteiger partial charge in [-0.2, -0.15) is 0 Å². The number of hydrogen-bond donors (Lipinski definition) is 1. The Morgan fingerprint density at radius 3 is 2.92 bits per heavy atom. The van der Waals surface area contributed by atoms with E-state index in [1.807, 2.05) is 6.92 Å². The van der Waals surface area contributed by atoms with Crippen molar-refractivity contribution in [2.75, 3.05) is 7.05 Å². The van der Waals surface area contributed by atoms with Crippen LogP contribution >= 0.6 is 0 Å². The molecule has 0 aliphatic heterocycles. The van der Waals surface area contributed by atoms with Crippen molar-refractivity contribution in [2.24, 2.45) is 10.9 Å². The van der Waals surface area contributed by atoms with Gasteiger partial charge in [-0.3, -0.25) is 4.99 Å². The van der Waals surface area contributed by atoms with Crippen LogP contribution in [0.4, 0.5) is 4.39 Å². The molecule has 0 aromatic rings. The summed E-state index contributed by atoms with van der Waals surface area (Å²) in [6.07, 6.45) is 3.57. The van der Waals surface area contributed by atoms with Gasteiger partial charge in [-0.1, -0.05) is 13.0 Å². The average Bonchev–Trinajstić information content (AvgIpc) is 2.11. The zero-order valence-corrected chi connectivity index (χ0v) is 8.47. The van der Waals surface area contributed by atoms with E-state index >= 15 is 0 Å². The van der Waals surface area contributed by atoms with Gasteiger partial charge in [-0.05, 0) is 25.7 Å². The molecule has 74 valence electrons. The number of halogens is 1. The second kappa shape index (κ2) is 4.40. The van der Waals surface area contributed by atoms with Crippen LogP contribution in [0.3, 0.4) is 0 Å². The van der Waals surface area contributed by atoms with Gasteiger partial charge in [0.15, 0.2) is 0 Å². The summed E-state index contributed by atoms with van der Waals surface area (Å²) >= 11 is 0. The Morgan fingerprint density at radius 2 is 2.38 bits per heavy atom. The van der Waals surface area contributed by atoms with Gasteiger partial charge in [0.1, 0.15) is 5.83 Å². The SMILES string of the molecule is CN=C(C)NC1C(F)=CCCC1C. The van der Waals surface area contributed by atoms with E-state index in [0.717, 1.165) is 18.7 Å². The van der Waals surface area contributed by atoms with Gasteiger partial charge in [0, 0.05) is 7.05 Å². The van der Waals surface area contributed by atoms with E-state index in [4.69, 9.17) is 0 Å². The maximum Gasteiger partial charge on any atom is 0.118 e. The van der Waals surface area contributed by atoms with Crippen molar-refractivity contribution >= 4 is 5.84 Å². The lowest BCUT2D eigenvalue weighted by atomic mass is 9.90. The summed E-state index contributed by atoms with van der Waals surface area (Å²) in [7, 11) is 1.71. The van der Waals surface area contributed by atoms with E-state index in [9.17, 15) is 4.39 Å². The van der Waals surface area contributed by atoms with Crippen molar-refractivity contribution in [3.63, 3.8) is 0 Å². The van der Waals surface area contributed by atoms with Crippen LogP contribution in [-0.4, -0.2) is 18.9 Å². The van der Waals surface area contributed by atoms with Crippen LogP contribution < -0.4 is 5.32 Å². The first-order valence-electron chi connectivity index (χ1n) is 4.70. The molecule has 0 amide bonds. The van der Waals surface area contributed by atoms with Gasteiger partial charge in [-0.15, -0.1) is 0 Å². The normalized spacial score (nSPS) is 29.8. The summed E-state index contributed by atoms with van der Waals surface area (Å²) in [5.41, 5.74) is 0. The minimum atomic E-state index is -0.169. The molecule has 3 heteroatoms. The summed E-state index contributed by atoms with van der Waals surface area (Å²) in [5, 5.41) is 3.07. The molecule has 0 heterocycles. The Bertz CT molecular complexity index is 233. The number of rotatable bonds is 1. The summed E-state index contributed by atoms with van der Waals surface area (Å²) in [6.45, 7) is 3.92. The van der Waals surface area contributed by atoms with Crippen molar-refractivity contribution in [3.8, 4) is 0 Å². The largest absolute Gasteiger partial charge is 0.365 e. The first kappa shape index (κ1) is 10.2. The summed E-state index contributed by atoms with van der Waals surface area (Å²) < 4.78 is 13.3. The highest BCUT2D eigenvalue weighted by Crippen LogP contribution is 2.24.